The maximum atomic E-state index is 13.0. The third kappa shape index (κ3) is 2.52. The van der Waals surface area contributed by atoms with Gasteiger partial charge >= 0.3 is 0 Å². The van der Waals surface area contributed by atoms with Crippen LogP contribution < -0.4 is 0 Å². The average Bonchev–Trinajstić information content (AvgIpc) is 2.31. The molecule has 0 aliphatic heterocycles. The van der Waals surface area contributed by atoms with Crippen molar-refractivity contribution in [3.63, 3.8) is 0 Å². The van der Waals surface area contributed by atoms with E-state index in [0.717, 1.165) is 6.07 Å². The molecule has 16 heavy (non-hydrogen) atoms. The molecule has 0 aliphatic carbocycles. The van der Waals surface area contributed by atoms with Crippen molar-refractivity contribution in [2.24, 2.45) is 0 Å². The van der Waals surface area contributed by atoms with Crippen LogP contribution in [0, 0.1) is 18.5 Å². The van der Waals surface area contributed by atoms with Gasteiger partial charge in [-0.25, -0.2) is 0 Å². The number of hydrogen-bond donors (Lipinski definition) is 0. The van der Waals surface area contributed by atoms with Crippen LogP contribution in [0.4, 0.5) is 10.1 Å². The van der Waals surface area contributed by atoms with Crippen LogP contribution in [0.1, 0.15) is 0 Å². The van der Waals surface area contributed by atoms with Crippen molar-refractivity contribution in [3.8, 4) is 11.3 Å². The molecular formula is C12H6FIrN2-. The minimum atomic E-state index is -0.551. The van der Waals surface area contributed by atoms with Crippen LogP contribution in [0.15, 0.2) is 36.5 Å². The van der Waals surface area contributed by atoms with Crippen LogP contribution in [0.3, 0.4) is 0 Å². The minimum absolute atomic E-state index is 0. The molecule has 0 N–H and O–H groups in total. The Morgan fingerprint density at radius 1 is 1.38 bits per heavy atom. The Balaban J connectivity index is 0.00000128. The average molecular weight is 389 g/mol. The van der Waals surface area contributed by atoms with Gasteiger partial charge in [0, 0.05) is 32.1 Å². The van der Waals surface area contributed by atoms with Gasteiger partial charge in [-0.2, -0.15) is 0 Å². The van der Waals surface area contributed by atoms with Gasteiger partial charge in [-0.05, 0) is 11.8 Å². The Bertz CT molecular complexity index is 520. The number of benzene rings is 1. The Morgan fingerprint density at radius 2 is 2.19 bits per heavy atom. The third-order valence-corrected chi connectivity index (χ3v) is 1.94. The molecule has 1 heterocycles. The standard InChI is InChI=1S/C12H6FN2.Ir/c1-14-12-8-9(5-6-10(12)13)11-4-2-3-7-15-11;/h2-4,6-8H;/q-1;. The summed E-state index contributed by atoms with van der Waals surface area (Å²) >= 11 is 0. The quantitative estimate of drug-likeness (QED) is 0.685. The van der Waals surface area contributed by atoms with Crippen molar-refractivity contribution >= 4 is 5.69 Å². The van der Waals surface area contributed by atoms with Gasteiger partial charge in [0.05, 0.1) is 6.57 Å². The Hall–Kier alpha value is -1.56. The molecule has 0 amide bonds. The normalized spacial score (nSPS) is 9.00. The van der Waals surface area contributed by atoms with E-state index in [-0.39, 0.29) is 25.8 Å². The van der Waals surface area contributed by atoms with Gasteiger partial charge < -0.3 is 4.98 Å². The third-order valence-electron chi connectivity index (χ3n) is 1.94. The predicted molar refractivity (Wildman–Crippen MR) is 54.7 cm³/mol. The van der Waals surface area contributed by atoms with Crippen molar-refractivity contribution in [1.82, 2.24) is 4.98 Å². The molecular weight excluding hydrogens is 383 g/mol. The van der Waals surface area contributed by atoms with Crippen molar-refractivity contribution < 1.29 is 24.5 Å². The first-order valence-electron chi connectivity index (χ1n) is 4.31. The number of hydrogen-bond acceptors (Lipinski definition) is 1. The summed E-state index contributed by atoms with van der Waals surface area (Å²) < 4.78 is 13.0. The Morgan fingerprint density at radius 3 is 2.81 bits per heavy atom. The molecule has 0 atom stereocenters. The SMILES string of the molecule is [C-]#[N+]c1cc(-c2ccccn2)[c-]cc1F.[Ir]. The molecule has 2 aromatic rings. The van der Waals surface area contributed by atoms with Crippen LogP contribution >= 0.6 is 0 Å². The molecule has 0 saturated carbocycles. The largest absolute Gasteiger partial charge is 0.305 e. The van der Waals surface area contributed by atoms with E-state index in [0.29, 0.717) is 11.3 Å². The molecule has 2 nitrogen and oxygen atoms in total. The van der Waals surface area contributed by atoms with Gasteiger partial charge in [-0.3, -0.25) is 9.24 Å². The second-order valence-corrected chi connectivity index (χ2v) is 2.91. The molecule has 0 saturated heterocycles. The topological polar surface area (TPSA) is 17.2 Å². The molecule has 1 aromatic heterocycles. The van der Waals surface area contributed by atoms with Crippen LogP contribution in [-0.2, 0) is 20.1 Å². The maximum absolute atomic E-state index is 13.0. The molecule has 2 rings (SSSR count). The molecule has 1 radical (unpaired) electrons. The molecule has 0 unspecified atom stereocenters. The summed E-state index contributed by atoms with van der Waals surface area (Å²) in [6.07, 6.45) is 1.64. The molecule has 0 bridgehead atoms. The van der Waals surface area contributed by atoms with E-state index < -0.39 is 5.82 Å². The molecule has 0 spiro atoms. The smallest absolute Gasteiger partial charge is 0.142 e. The van der Waals surface area contributed by atoms with Crippen LogP contribution in [0.2, 0.25) is 0 Å². The fraction of sp³-hybridized carbons (Fsp3) is 0. The first kappa shape index (κ1) is 12.5. The van der Waals surface area contributed by atoms with E-state index in [1.165, 1.54) is 6.07 Å². The number of rotatable bonds is 1. The molecule has 1 aromatic carbocycles. The predicted octanol–water partition coefficient (Wildman–Crippen LogP) is 3.24. The minimum Gasteiger partial charge on any atom is -0.305 e. The van der Waals surface area contributed by atoms with Crippen molar-refractivity contribution in [1.29, 1.82) is 0 Å². The van der Waals surface area contributed by atoms with E-state index >= 15 is 0 Å². The van der Waals surface area contributed by atoms with Crippen LogP contribution in [0.5, 0.6) is 0 Å². The van der Waals surface area contributed by atoms with Crippen molar-refractivity contribution in [2.75, 3.05) is 0 Å². The zero-order chi connectivity index (χ0) is 10.7. The second kappa shape index (κ2) is 5.50. The maximum Gasteiger partial charge on any atom is 0.142 e. The second-order valence-electron chi connectivity index (χ2n) is 2.91. The zero-order valence-electron chi connectivity index (χ0n) is 8.07. The van der Waals surface area contributed by atoms with Gasteiger partial charge in [-0.1, -0.05) is 12.1 Å². The summed E-state index contributed by atoms with van der Waals surface area (Å²) in [5.74, 6) is -0.551. The summed E-state index contributed by atoms with van der Waals surface area (Å²) in [6, 6.07) is 10.8. The van der Waals surface area contributed by atoms with Gasteiger partial charge in [0.2, 0.25) is 0 Å². The van der Waals surface area contributed by atoms with E-state index in [1.54, 1.807) is 18.3 Å². The van der Waals surface area contributed by atoms with E-state index in [1.807, 2.05) is 6.07 Å². The summed E-state index contributed by atoms with van der Waals surface area (Å²) in [5.41, 5.74) is 1.31. The molecule has 0 aliphatic rings. The number of nitrogens with zero attached hydrogens (tertiary/aromatic N) is 2. The zero-order valence-corrected chi connectivity index (χ0v) is 10.5. The molecule has 81 valence electrons. The van der Waals surface area contributed by atoms with E-state index in [2.05, 4.69) is 15.9 Å². The monoisotopic (exact) mass is 390 g/mol. The van der Waals surface area contributed by atoms with E-state index in [9.17, 15) is 4.39 Å². The summed E-state index contributed by atoms with van der Waals surface area (Å²) in [6.45, 7) is 6.79. The number of aromatic nitrogens is 1. The summed E-state index contributed by atoms with van der Waals surface area (Å²) in [7, 11) is 0. The first-order chi connectivity index (χ1) is 7.31. The molecule has 0 fully saturated rings. The van der Waals surface area contributed by atoms with Gasteiger partial charge in [0.1, 0.15) is 5.69 Å². The Kier molecular flexibility index (Phi) is 4.30. The van der Waals surface area contributed by atoms with Gasteiger partial charge in [0.25, 0.3) is 0 Å². The summed E-state index contributed by atoms with van der Waals surface area (Å²) in [5, 5.41) is 0. The number of pyridine rings is 1. The Labute approximate surface area is 106 Å². The molecule has 4 heteroatoms. The van der Waals surface area contributed by atoms with Crippen LogP contribution in [-0.4, -0.2) is 4.98 Å². The fourth-order valence-corrected chi connectivity index (χ4v) is 1.22. The van der Waals surface area contributed by atoms with Crippen molar-refractivity contribution in [3.05, 3.63) is 59.8 Å². The fourth-order valence-electron chi connectivity index (χ4n) is 1.22. The first-order valence-corrected chi connectivity index (χ1v) is 4.31. The van der Waals surface area contributed by atoms with Gasteiger partial charge in [0.15, 0.2) is 0 Å². The van der Waals surface area contributed by atoms with Crippen LogP contribution in [0.25, 0.3) is 16.1 Å². The number of halogens is 1. The van der Waals surface area contributed by atoms with Crippen molar-refractivity contribution in [2.45, 2.75) is 0 Å². The summed E-state index contributed by atoms with van der Waals surface area (Å²) in [4.78, 5) is 7.18. The van der Waals surface area contributed by atoms with E-state index in [4.69, 9.17) is 6.57 Å². The van der Waals surface area contributed by atoms with Gasteiger partial charge in [-0.15, -0.1) is 23.8 Å².